The van der Waals surface area contributed by atoms with Crippen molar-refractivity contribution in [2.24, 2.45) is 0 Å². The fourth-order valence-corrected chi connectivity index (χ4v) is 3.84. The molecule has 1 amide bonds. The van der Waals surface area contributed by atoms with Crippen LogP contribution in [0.5, 0.6) is 0 Å². The molecule has 0 radical (unpaired) electrons. The molecule has 144 valence electrons. The van der Waals surface area contributed by atoms with Gasteiger partial charge in [-0.3, -0.25) is 9.69 Å². The fourth-order valence-electron chi connectivity index (χ4n) is 3.84. The summed E-state index contributed by atoms with van der Waals surface area (Å²) in [5, 5.41) is 5.25. The monoisotopic (exact) mass is 374 g/mol. The van der Waals surface area contributed by atoms with E-state index in [4.69, 9.17) is 4.74 Å². The molecule has 0 spiro atoms. The smallest absolute Gasteiger partial charge is 0.251 e. The number of morpholine rings is 1. The number of carbonyl (C=O) groups excluding carboxylic acids is 1. The zero-order valence-corrected chi connectivity index (χ0v) is 16.2. The van der Waals surface area contributed by atoms with Gasteiger partial charge in [-0.25, -0.2) is 0 Å². The normalized spacial score (nSPS) is 16.0. The van der Waals surface area contributed by atoms with Gasteiger partial charge in [-0.1, -0.05) is 66.2 Å². The minimum atomic E-state index is -0.0258. The number of hydrogen-bond donors (Lipinski definition) is 1. The zero-order valence-electron chi connectivity index (χ0n) is 16.2. The number of rotatable bonds is 5. The van der Waals surface area contributed by atoms with Crippen LogP contribution in [-0.2, 0) is 4.74 Å². The Morgan fingerprint density at radius 2 is 1.71 bits per heavy atom. The van der Waals surface area contributed by atoms with E-state index in [9.17, 15) is 4.79 Å². The summed E-state index contributed by atoms with van der Waals surface area (Å²) >= 11 is 0. The second-order valence-electron chi connectivity index (χ2n) is 7.31. The van der Waals surface area contributed by atoms with E-state index >= 15 is 0 Å². The van der Waals surface area contributed by atoms with Crippen LogP contribution in [0, 0.1) is 6.92 Å². The van der Waals surface area contributed by atoms with Crippen molar-refractivity contribution < 1.29 is 9.53 Å². The molecule has 1 heterocycles. The molecule has 3 aromatic carbocycles. The van der Waals surface area contributed by atoms with Crippen molar-refractivity contribution in [1.82, 2.24) is 10.2 Å². The Bertz CT molecular complexity index is 941. The lowest BCUT2D eigenvalue weighted by molar-refractivity contribution is 0.0162. The van der Waals surface area contributed by atoms with Crippen LogP contribution >= 0.6 is 0 Å². The number of fused-ring (bicyclic) bond motifs is 1. The first-order valence-electron chi connectivity index (χ1n) is 9.87. The average Bonchev–Trinajstić information content (AvgIpc) is 2.75. The van der Waals surface area contributed by atoms with Crippen molar-refractivity contribution in [3.63, 3.8) is 0 Å². The van der Waals surface area contributed by atoms with E-state index in [0.717, 1.165) is 42.6 Å². The van der Waals surface area contributed by atoms with Gasteiger partial charge in [0.1, 0.15) is 0 Å². The van der Waals surface area contributed by atoms with Crippen molar-refractivity contribution >= 4 is 16.7 Å². The quantitative estimate of drug-likeness (QED) is 0.735. The highest BCUT2D eigenvalue weighted by molar-refractivity contribution is 6.07. The van der Waals surface area contributed by atoms with Crippen LogP contribution in [0.1, 0.15) is 27.5 Å². The maximum absolute atomic E-state index is 13.0. The summed E-state index contributed by atoms with van der Waals surface area (Å²) < 4.78 is 5.52. The number of nitrogens with one attached hydrogen (secondary N) is 1. The lowest BCUT2D eigenvalue weighted by Crippen LogP contribution is -2.43. The predicted molar refractivity (Wildman–Crippen MR) is 113 cm³/mol. The van der Waals surface area contributed by atoms with Crippen LogP contribution in [0.15, 0.2) is 66.7 Å². The van der Waals surface area contributed by atoms with E-state index < -0.39 is 0 Å². The van der Waals surface area contributed by atoms with Crippen LogP contribution in [0.4, 0.5) is 0 Å². The number of amides is 1. The maximum Gasteiger partial charge on any atom is 0.251 e. The molecule has 1 saturated heterocycles. The molecule has 4 nitrogen and oxygen atoms in total. The van der Waals surface area contributed by atoms with E-state index in [1.54, 1.807) is 0 Å². The molecular formula is C24H26N2O2. The summed E-state index contributed by atoms with van der Waals surface area (Å²) in [6, 6.07) is 22.6. The number of carbonyl (C=O) groups is 1. The molecule has 0 bridgehead atoms. The summed E-state index contributed by atoms with van der Waals surface area (Å²) in [4.78, 5) is 15.4. The SMILES string of the molecule is Cc1ccc([C@H](CNC(=O)c2cccc3ccccc23)N2CCOCC2)cc1. The summed E-state index contributed by atoms with van der Waals surface area (Å²) in [5.41, 5.74) is 3.19. The lowest BCUT2D eigenvalue weighted by Gasteiger charge is -2.35. The zero-order chi connectivity index (χ0) is 19.3. The van der Waals surface area contributed by atoms with E-state index in [2.05, 4.69) is 41.4 Å². The highest BCUT2D eigenvalue weighted by Gasteiger charge is 2.23. The first-order chi connectivity index (χ1) is 13.7. The Labute approximate surface area is 166 Å². The molecular weight excluding hydrogens is 348 g/mol. The molecule has 4 heteroatoms. The first kappa shape index (κ1) is 18.7. The van der Waals surface area contributed by atoms with Gasteiger partial charge in [0.25, 0.3) is 5.91 Å². The minimum absolute atomic E-state index is 0.0258. The van der Waals surface area contributed by atoms with Crippen LogP contribution in [0.2, 0.25) is 0 Å². The van der Waals surface area contributed by atoms with Gasteiger partial charge in [0, 0.05) is 25.2 Å². The Morgan fingerprint density at radius 1 is 1.00 bits per heavy atom. The molecule has 0 unspecified atom stereocenters. The van der Waals surface area contributed by atoms with Gasteiger partial charge in [-0.15, -0.1) is 0 Å². The van der Waals surface area contributed by atoms with E-state index in [1.165, 1.54) is 11.1 Å². The van der Waals surface area contributed by atoms with E-state index in [0.29, 0.717) is 6.54 Å². The molecule has 3 aromatic rings. The summed E-state index contributed by atoms with van der Waals surface area (Å²) in [7, 11) is 0. The molecule has 28 heavy (non-hydrogen) atoms. The number of benzene rings is 3. The van der Waals surface area contributed by atoms with Crippen molar-refractivity contribution in [3.8, 4) is 0 Å². The third-order valence-corrected chi connectivity index (χ3v) is 5.44. The standard InChI is InChI=1S/C24H26N2O2/c1-18-9-11-20(12-10-18)23(26-13-15-28-16-14-26)17-25-24(27)22-8-4-6-19-5-2-3-7-21(19)22/h2-12,23H,13-17H2,1H3,(H,25,27)/t23-/m0/s1. The topological polar surface area (TPSA) is 41.6 Å². The molecule has 0 aromatic heterocycles. The highest BCUT2D eigenvalue weighted by Crippen LogP contribution is 2.23. The average molecular weight is 374 g/mol. The van der Waals surface area contributed by atoms with Gasteiger partial charge in [0.05, 0.1) is 19.3 Å². The third kappa shape index (κ3) is 4.08. The molecule has 1 N–H and O–H groups in total. The molecule has 1 aliphatic rings. The largest absolute Gasteiger partial charge is 0.379 e. The van der Waals surface area contributed by atoms with Gasteiger partial charge < -0.3 is 10.1 Å². The maximum atomic E-state index is 13.0. The summed E-state index contributed by atoms with van der Waals surface area (Å²) in [5.74, 6) is -0.0258. The van der Waals surface area contributed by atoms with Crippen molar-refractivity contribution in [3.05, 3.63) is 83.4 Å². The van der Waals surface area contributed by atoms with Crippen LogP contribution in [0.25, 0.3) is 10.8 Å². The number of ether oxygens (including phenoxy) is 1. The van der Waals surface area contributed by atoms with E-state index in [1.807, 2.05) is 42.5 Å². The van der Waals surface area contributed by atoms with Crippen LogP contribution < -0.4 is 5.32 Å². The molecule has 1 fully saturated rings. The number of aryl methyl sites for hydroxylation is 1. The van der Waals surface area contributed by atoms with Gasteiger partial charge in [-0.05, 0) is 29.3 Å². The number of nitrogens with zero attached hydrogens (tertiary/aromatic N) is 1. The van der Waals surface area contributed by atoms with Crippen LogP contribution in [-0.4, -0.2) is 43.7 Å². The lowest BCUT2D eigenvalue weighted by atomic mass is 10.0. The minimum Gasteiger partial charge on any atom is -0.379 e. The Hall–Kier alpha value is -2.69. The fraction of sp³-hybridized carbons (Fsp3) is 0.292. The second kappa shape index (κ2) is 8.55. The molecule has 4 rings (SSSR count). The van der Waals surface area contributed by atoms with Crippen molar-refractivity contribution in [2.75, 3.05) is 32.8 Å². The van der Waals surface area contributed by atoms with Crippen LogP contribution in [0.3, 0.4) is 0 Å². The van der Waals surface area contributed by atoms with E-state index in [-0.39, 0.29) is 11.9 Å². The first-order valence-corrected chi connectivity index (χ1v) is 9.87. The van der Waals surface area contributed by atoms with Gasteiger partial charge >= 0.3 is 0 Å². The molecule has 1 aliphatic heterocycles. The molecule has 1 atom stereocenters. The van der Waals surface area contributed by atoms with Crippen molar-refractivity contribution in [1.29, 1.82) is 0 Å². The highest BCUT2D eigenvalue weighted by atomic mass is 16.5. The predicted octanol–water partition coefficient (Wildman–Crippen LogP) is 3.95. The van der Waals surface area contributed by atoms with Gasteiger partial charge in [-0.2, -0.15) is 0 Å². The Morgan fingerprint density at radius 3 is 2.50 bits per heavy atom. The summed E-state index contributed by atoms with van der Waals surface area (Å²) in [6.07, 6.45) is 0. The summed E-state index contributed by atoms with van der Waals surface area (Å²) in [6.45, 7) is 5.89. The molecule has 0 aliphatic carbocycles. The Kier molecular flexibility index (Phi) is 5.70. The third-order valence-electron chi connectivity index (χ3n) is 5.44. The van der Waals surface area contributed by atoms with Gasteiger partial charge in [0.15, 0.2) is 0 Å². The Balaban J connectivity index is 1.54. The van der Waals surface area contributed by atoms with Gasteiger partial charge in [0.2, 0.25) is 0 Å². The molecule has 0 saturated carbocycles. The second-order valence-corrected chi connectivity index (χ2v) is 7.31. The number of hydrogen-bond acceptors (Lipinski definition) is 3. The van der Waals surface area contributed by atoms with Crippen molar-refractivity contribution in [2.45, 2.75) is 13.0 Å².